The molecule has 0 radical (unpaired) electrons. The van der Waals surface area contributed by atoms with Crippen molar-refractivity contribution in [2.75, 3.05) is 13.7 Å². The van der Waals surface area contributed by atoms with E-state index in [1.165, 1.54) is 0 Å². The van der Waals surface area contributed by atoms with E-state index in [-0.39, 0.29) is 18.6 Å². The first-order valence-corrected chi connectivity index (χ1v) is 6.98. The van der Waals surface area contributed by atoms with Crippen molar-refractivity contribution in [3.8, 4) is 11.8 Å². The van der Waals surface area contributed by atoms with Crippen molar-refractivity contribution in [3.05, 3.63) is 34.9 Å². The van der Waals surface area contributed by atoms with Crippen LogP contribution in [0.2, 0.25) is 0 Å². The van der Waals surface area contributed by atoms with Crippen molar-refractivity contribution < 1.29 is 9.90 Å². The average Bonchev–Trinajstić information content (AvgIpc) is 2.44. The first kappa shape index (κ1) is 16.3. The molecule has 3 nitrogen and oxygen atoms in total. The molecular formula is C17H23NO2. The maximum atomic E-state index is 12.6. The monoisotopic (exact) mass is 273 g/mol. The van der Waals surface area contributed by atoms with E-state index in [1.807, 2.05) is 32.2 Å². The number of hydrogen-bond donors (Lipinski definition) is 1. The molecule has 1 amide bonds. The smallest absolute Gasteiger partial charge is 0.255 e. The Balaban J connectivity index is 3.09. The molecule has 0 aliphatic rings. The SMILES string of the molecule is CCCC(C)N(C)C(=O)c1ccc(C)cc1C#CCO. The molecule has 1 atom stereocenters. The number of carbonyl (C=O) groups is 1. The van der Waals surface area contributed by atoms with Crippen molar-refractivity contribution in [1.29, 1.82) is 0 Å². The predicted octanol–water partition coefficient (Wildman–Crippen LogP) is 2.60. The molecule has 1 N–H and O–H groups in total. The number of aliphatic hydroxyl groups is 1. The molecule has 0 aromatic heterocycles. The van der Waals surface area contributed by atoms with Crippen molar-refractivity contribution in [2.45, 2.75) is 39.7 Å². The lowest BCUT2D eigenvalue weighted by Gasteiger charge is -2.25. The second kappa shape index (κ2) is 7.72. The number of rotatable bonds is 4. The lowest BCUT2D eigenvalue weighted by Crippen LogP contribution is -2.35. The fraction of sp³-hybridized carbons (Fsp3) is 0.471. The normalized spacial score (nSPS) is 11.4. The highest BCUT2D eigenvalue weighted by molar-refractivity contribution is 5.96. The van der Waals surface area contributed by atoms with Gasteiger partial charge in [-0.1, -0.05) is 31.3 Å². The van der Waals surface area contributed by atoms with Gasteiger partial charge in [-0.2, -0.15) is 0 Å². The van der Waals surface area contributed by atoms with Gasteiger partial charge in [0, 0.05) is 18.7 Å². The fourth-order valence-electron chi connectivity index (χ4n) is 2.08. The zero-order valence-corrected chi connectivity index (χ0v) is 12.7. The highest BCUT2D eigenvalue weighted by Gasteiger charge is 2.19. The van der Waals surface area contributed by atoms with Gasteiger partial charge >= 0.3 is 0 Å². The van der Waals surface area contributed by atoms with Crippen LogP contribution in [0.5, 0.6) is 0 Å². The Kier molecular flexibility index (Phi) is 6.27. The molecular weight excluding hydrogens is 250 g/mol. The molecule has 0 spiro atoms. The summed E-state index contributed by atoms with van der Waals surface area (Å²) in [6.07, 6.45) is 2.02. The Morgan fingerprint density at radius 1 is 1.45 bits per heavy atom. The highest BCUT2D eigenvalue weighted by atomic mass is 16.2. The summed E-state index contributed by atoms with van der Waals surface area (Å²) in [7, 11) is 1.83. The lowest BCUT2D eigenvalue weighted by atomic mass is 10.0. The van der Waals surface area contributed by atoms with Gasteiger partial charge in [0.15, 0.2) is 0 Å². The van der Waals surface area contributed by atoms with Crippen molar-refractivity contribution in [2.24, 2.45) is 0 Å². The van der Waals surface area contributed by atoms with Crippen LogP contribution in [-0.4, -0.2) is 35.6 Å². The Hall–Kier alpha value is -1.79. The molecule has 0 aliphatic heterocycles. The fourth-order valence-corrected chi connectivity index (χ4v) is 2.08. The number of aliphatic hydroxyl groups excluding tert-OH is 1. The molecule has 1 unspecified atom stereocenters. The number of carbonyl (C=O) groups excluding carboxylic acids is 1. The number of benzene rings is 1. The van der Waals surface area contributed by atoms with Crippen molar-refractivity contribution >= 4 is 5.91 Å². The minimum Gasteiger partial charge on any atom is -0.384 e. The maximum absolute atomic E-state index is 12.6. The van der Waals surface area contributed by atoms with E-state index in [0.29, 0.717) is 11.1 Å². The minimum atomic E-state index is -0.205. The average molecular weight is 273 g/mol. The van der Waals surface area contributed by atoms with E-state index in [1.54, 1.807) is 4.90 Å². The first-order valence-electron chi connectivity index (χ1n) is 6.98. The highest BCUT2D eigenvalue weighted by Crippen LogP contribution is 2.15. The summed E-state index contributed by atoms with van der Waals surface area (Å²) in [4.78, 5) is 14.3. The van der Waals surface area contributed by atoms with Gasteiger partial charge in [0.25, 0.3) is 5.91 Å². The molecule has 0 saturated heterocycles. The van der Waals surface area contributed by atoms with Crippen molar-refractivity contribution in [1.82, 2.24) is 4.90 Å². The zero-order valence-electron chi connectivity index (χ0n) is 12.7. The third-order valence-corrected chi connectivity index (χ3v) is 3.40. The second-order valence-electron chi connectivity index (χ2n) is 5.06. The van der Waals surface area contributed by atoms with Crippen LogP contribution in [0.1, 0.15) is 48.2 Å². The molecule has 3 heteroatoms. The van der Waals surface area contributed by atoms with Crippen LogP contribution in [0.15, 0.2) is 18.2 Å². The Morgan fingerprint density at radius 2 is 2.15 bits per heavy atom. The summed E-state index contributed by atoms with van der Waals surface area (Å²) >= 11 is 0. The summed E-state index contributed by atoms with van der Waals surface area (Å²) in [6, 6.07) is 5.81. The number of aryl methyl sites for hydroxylation is 1. The van der Waals surface area contributed by atoms with Gasteiger partial charge in [-0.15, -0.1) is 0 Å². The van der Waals surface area contributed by atoms with Crippen LogP contribution in [0.3, 0.4) is 0 Å². The molecule has 0 saturated carbocycles. The summed E-state index contributed by atoms with van der Waals surface area (Å²) in [6.45, 7) is 5.92. The molecule has 0 aliphatic carbocycles. The Bertz CT molecular complexity index is 526. The molecule has 20 heavy (non-hydrogen) atoms. The van der Waals surface area contributed by atoms with Crippen LogP contribution >= 0.6 is 0 Å². The third-order valence-electron chi connectivity index (χ3n) is 3.40. The molecule has 1 rings (SSSR count). The number of nitrogens with zero attached hydrogens (tertiary/aromatic N) is 1. The van der Waals surface area contributed by atoms with E-state index >= 15 is 0 Å². The van der Waals surface area contributed by atoms with Gasteiger partial charge in [0.1, 0.15) is 6.61 Å². The van der Waals surface area contributed by atoms with Gasteiger partial charge in [-0.25, -0.2) is 0 Å². The second-order valence-corrected chi connectivity index (χ2v) is 5.06. The topological polar surface area (TPSA) is 40.5 Å². The van der Waals surface area contributed by atoms with Gasteiger partial charge in [0.05, 0.1) is 5.56 Å². The summed E-state index contributed by atoms with van der Waals surface area (Å²) in [5.74, 6) is 5.46. The van der Waals surface area contributed by atoms with Crippen LogP contribution in [-0.2, 0) is 0 Å². The molecule has 0 heterocycles. The van der Waals surface area contributed by atoms with Crippen LogP contribution in [0, 0.1) is 18.8 Å². The summed E-state index contributed by atoms with van der Waals surface area (Å²) in [5.41, 5.74) is 2.33. The van der Waals surface area contributed by atoms with Gasteiger partial charge in [-0.05, 0) is 38.0 Å². The first-order chi connectivity index (χ1) is 9.51. The Labute approximate surface area is 121 Å². The molecule has 0 bridgehead atoms. The maximum Gasteiger partial charge on any atom is 0.255 e. The standard InChI is InChI=1S/C17H23NO2/c1-5-7-14(3)18(4)17(20)16-10-9-13(2)12-15(16)8-6-11-19/h9-10,12,14,19H,5,7,11H2,1-4H3. The number of hydrogen-bond acceptors (Lipinski definition) is 2. The molecule has 0 fully saturated rings. The van der Waals surface area contributed by atoms with E-state index in [4.69, 9.17) is 5.11 Å². The third kappa shape index (κ3) is 4.11. The zero-order chi connectivity index (χ0) is 15.1. The van der Waals surface area contributed by atoms with Gasteiger partial charge < -0.3 is 10.0 Å². The predicted molar refractivity (Wildman–Crippen MR) is 81.6 cm³/mol. The quantitative estimate of drug-likeness (QED) is 0.857. The molecule has 108 valence electrons. The van der Waals surface area contributed by atoms with E-state index in [0.717, 1.165) is 18.4 Å². The summed E-state index contributed by atoms with van der Waals surface area (Å²) < 4.78 is 0. The number of amides is 1. The molecule has 1 aromatic rings. The summed E-state index contributed by atoms with van der Waals surface area (Å²) in [5, 5.41) is 8.82. The largest absolute Gasteiger partial charge is 0.384 e. The van der Waals surface area contributed by atoms with E-state index < -0.39 is 0 Å². The van der Waals surface area contributed by atoms with Crippen LogP contribution in [0.25, 0.3) is 0 Å². The minimum absolute atomic E-state index is 0.0202. The van der Waals surface area contributed by atoms with E-state index in [2.05, 4.69) is 25.7 Å². The van der Waals surface area contributed by atoms with Crippen LogP contribution < -0.4 is 0 Å². The van der Waals surface area contributed by atoms with Crippen LogP contribution in [0.4, 0.5) is 0 Å². The lowest BCUT2D eigenvalue weighted by molar-refractivity contribution is 0.0736. The molecule has 1 aromatic carbocycles. The Morgan fingerprint density at radius 3 is 2.75 bits per heavy atom. The van der Waals surface area contributed by atoms with Gasteiger partial charge in [-0.3, -0.25) is 4.79 Å². The van der Waals surface area contributed by atoms with Crippen molar-refractivity contribution in [3.63, 3.8) is 0 Å². The van der Waals surface area contributed by atoms with Gasteiger partial charge in [0.2, 0.25) is 0 Å². The van der Waals surface area contributed by atoms with E-state index in [9.17, 15) is 4.79 Å².